The maximum absolute atomic E-state index is 11.3. The fourth-order valence-electron chi connectivity index (χ4n) is 1.55. The highest BCUT2D eigenvalue weighted by Crippen LogP contribution is 2.45. The van der Waals surface area contributed by atoms with Crippen LogP contribution in [0.5, 0.6) is 17.2 Å². The molecule has 2 aromatic rings. The van der Waals surface area contributed by atoms with Gasteiger partial charge < -0.3 is 15.3 Å². The maximum Gasteiger partial charge on any atom is 0.300 e. The largest absolute Gasteiger partial charge is 0.504 e. The number of hydrogen-bond donors (Lipinski definition) is 4. The highest BCUT2D eigenvalue weighted by Gasteiger charge is 2.26. The van der Waals surface area contributed by atoms with Gasteiger partial charge in [0.05, 0.1) is 5.69 Å². The summed E-state index contributed by atoms with van der Waals surface area (Å²) < 4.78 is 31.6. The fourth-order valence-corrected chi connectivity index (χ4v) is 2.25. The highest BCUT2D eigenvalue weighted by molar-refractivity contribution is 7.86. The first-order valence-electron chi connectivity index (χ1n) is 5.53. The van der Waals surface area contributed by atoms with Crippen molar-refractivity contribution in [2.45, 2.75) is 4.90 Å². The smallest absolute Gasteiger partial charge is 0.300 e. The zero-order valence-corrected chi connectivity index (χ0v) is 11.2. The van der Waals surface area contributed by atoms with Crippen molar-refractivity contribution in [2.75, 3.05) is 0 Å². The van der Waals surface area contributed by atoms with Crippen LogP contribution < -0.4 is 0 Å². The quantitative estimate of drug-likeness (QED) is 0.390. The van der Waals surface area contributed by atoms with Gasteiger partial charge in [0.15, 0.2) is 16.4 Å². The molecule has 0 aliphatic rings. The van der Waals surface area contributed by atoms with Crippen molar-refractivity contribution < 1.29 is 28.3 Å². The highest BCUT2D eigenvalue weighted by atomic mass is 32.2. The van der Waals surface area contributed by atoms with Crippen molar-refractivity contribution in [3.05, 3.63) is 36.4 Å². The predicted molar refractivity (Wildman–Crippen MR) is 71.9 cm³/mol. The summed E-state index contributed by atoms with van der Waals surface area (Å²) in [5.41, 5.74) is -0.139. The van der Waals surface area contributed by atoms with Crippen LogP contribution in [0.2, 0.25) is 0 Å². The second-order valence-electron chi connectivity index (χ2n) is 3.95. The Hall–Kier alpha value is -2.65. The standard InChI is InChI=1S/C12H10N2O6S/c15-9-6-8(14-13-7-4-2-1-3-5-7)12(21(18,19)20)11(17)10(9)16/h1-6,15-17H,(H,18,19,20). The van der Waals surface area contributed by atoms with E-state index in [1.54, 1.807) is 30.3 Å². The molecule has 21 heavy (non-hydrogen) atoms. The molecule has 2 rings (SSSR count). The molecule has 110 valence electrons. The number of hydrogen-bond acceptors (Lipinski definition) is 7. The van der Waals surface area contributed by atoms with E-state index in [0.29, 0.717) is 5.69 Å². The molecule has 8 nitrogen and oxygen atoms in total. The summed E-state index contributed by atoms with van der Waals surface area (Å²) in [5, 5.41) is 35.5. The van der Waals surface area contributed by atoms with Crippen LogP contribution in [0, 0.1) is 0 Å². The van der Waals surface area contributed by atoms with Gasteiger partial charge in [0.1, 0.15) is 5.69 Å². The summed E-state index contributed by atoms with van der Waals surface area (Å²) in [6.45, 7) is 0. The van der Waals surface area contributed by atoms with Gasteiger partial charge in [-0.1, -0.05) is 18.2 Å². The minimum atomic E-state index is -4.88. The fraction of sp³-hybridized carbons (Fsp3) is 0. The van der Waals surface area contributed by atoms with Crippen LogP contribution in [0.4, 0.5) is 11.4 Å². The lowest BCUT2D eigenvalue weighted by atomic mass is 10.2. The second-order valence-corrected chi connectivity index (χ2v) is 5.31. The molecule has 0 heterocycles. The molecule has 0 atom stereocenters. The zero-order valence-electron chi connectivity index (χ0n) is 10.4. The first-order valence-corrected chi connectivity index (χ1v) is 6.97. The van der Waals surface area contributed by atoms with Gasteiger partial charge in [-0.15, -0.1) is 5.11 Å². The molecule has 0 aliphatic carbocycles. The Labute approximate surface area is 119 Å². The van der Waals surface area contributed by atoms with E-state index in [1.807, 2.05) is 0 Å². The van der Waals surface area contributed by atoms with Gasteiger partial charge in [0.25, 0.3) is 0 Å². The van der Waals surface area contributed by atoms with Crippen LogP contribution in [0.15, 0.2) is 51.5 Å². The molecule has 2 aromatic carbocycles. The molecule has 4 N–H and O–H groups in total. The molecule has 0 aromatic heterocycles. The van der Waals surface area contributed by atoms with Gasteiger partial charge >= 0.3 is 10.1 Å². The van der Waals surface area contributed by atoms with Crippen molar-refractivity contribution in [3.8, 4) is 17.2 Å². The lowest BCUT2D eigenvalue weighted by molar-refractivity contribution is 0.359. The van der Waals surface area contributed by atoms with Gasteiger partial charge in [0, 0.05) is 6.07 Å². The van der Waals surface area contributed by atoms with Crippen LogP contribution in [0.1, 0.15) is 0 Å². The summed E-state index contributed by atoms with van der Waals surface area (Å²) in [5.74, 6) is -3.09. The Morgan fingerprint density at radius 3 is 2.10 bits per heavy atom. The Morgan fingerprint density at radius 2 is 1.52 bits per heavy atom. The molecule has 0 saturated carbocycles. The molecule has 0 amide bonds. The summed E-state index contributed by atoms with van der Waals surface area (Å²) in [4.78, 5) is -1.04. The Morgan fingerprint density at radius 1 is 0.905 bits per heavy atom. The Bertz CT molecular complexity index is 802. The molecular formula is C12H10N2O6S. The molecule has 0 fully saturated rings. The third-order valence-corrected chi connectivity index (χ3v) is 3.39. The van der Waals surface area contributed by atoms with Crippen LogP contribution >= 0.6 is 0 Å². The molecule has 0 aliphatic heterocycles. The van der Waals surface area contributed by atoms with Crippen molar-refractivity contribution >= 4 is 21.5 Å². The lowest BCUT2D eigenvalue weighted by Gasteiger charge is -2.07. The van der Waals surface area contributed by atoms with Gasteiger partial charge in [-0.25, -0.2) is 0 Å². The number of benzene rings is 2. The van der Waals surface area contributed by atoms with Gasteiger partial charge in [-0.05, 0) is 12.1 Å². The Balaban J connectivity index is 2.61. The minimum absolute atomic E-state index is 0.380. The third kappa shape index (κ3) is 3.09. The summed E-state index contributed by atoms with van der Waals surface area (Å²) in [6, 6.07) is 8.99. The Kier molecular flexibility index (Phi) is 3.78. The van der Waals surface area contributed by atoms with Gasteiger partial charge in [-0.2, -0.15) is 13.5 Å². The summed E-state index contributed by atoms with van der Waals surface area (Å²) in [6.07, 6.45) is 0. The lowest BCUT2D eigenvalue weighted by Crippen LogP contribution is -1.99. The second kappa shape index (κ2) is 5.38. The monoisotopic (exact) mass is 310 g/mol. The number of aromatic hydroxyl groups is 3. The maximum atomic E-state index is 11.3. The van der Waals surface area contributed by atoms with E-state index in [0.717, 1.165) is 6.07 Å². The van der Waals surface area contributed by atoms with Crippen molar-refractivity contribution in [1.82, 2.24) is 0 Å². The van der Waals surface area contributed by atoms with Crippen LogP contribution in [-0.4, -0.2) is 28.3 Å². The molecule has 0 bridgehead atoms. The van der Waals surface area contributed by atoms with E-state index < -0.39 is 37.9 Å². The minimum Gasteiger partial charge on any atom is -0.504 e. The number of phenolic OH excluding ortho intramolecular Hbond substituents is 3. The summed E-state index contributed by atoms with van der Waals surface area (Å²) >= 11 is 0. The van der Waals surface area contributed by atoms with E-state index in [-0.39, 0.29) is 0 Å². The molecule has 0 saturated heterocycles. The van der Waals surface area contributed by atoms with Crippen molar-refractivity contribution in [2.24, 2.45) is 10.2 Å². The first kappa shape index (κ1) is 14.8. The molecular weight excluding hydrogens is 300 g/mol. The number of rotatable bonds is 3. The topological polar surface area (TPSA) is 140 Å². The van der Waals surface area contributed by atoms with Crippen molar-refractivity contribution in [3.63, 3.8) is 0 Å². The zero-order chi connectivity index (χ0) is 15.6. The van der Waals surface area contributed by atoms with E-state index in [4.69, 9.17) is 4.55 Å². The van der Waals surface area contributed by atoms with E-state index in [9.17, 15) is 23.7 Å². The average molecular weight is 310 g/mol. The predicted octanol–water partition coefficient (Wildman–Crippen LogP) is 2.47. The number of phenols is 3. The van der Waals surface area contributed by atoms with Crippen LogP contribution in [0.25, 0.3) is 0 Å². The molecule has 0 radical (unpaired) electrons. The third-order valence-electron chi connectivity index (χ3n) is 2.48. The first-order chi connectivity index (χ1) is 9.80. The van der Waals surface area contributed by atoms with E-state index in [1.165, 1.54) is 0 Å². The molecule has 0 spiro atoms. The van der Waals surface area contributed by atoms with E-state index >= 15 is 0 Å². The molecule has 0 unspecified atom stereocenters. The number of azo groups is 1. The SMILES string of the molecule is O=S(=O)(O)c1c(N=Nc2ccccc2)cc(O)c(O)c1O. The normalized spacial score (nSPS) is 11.9. The van der Waals surface area contributed by atoms with Crippen LogP contribution in [-0.2, 0) is 10.1 Å². The van der Waals surface area contributed by atoms with Gasteiger partial charge in [0.2, 0.25) is 5.75 Å². The van der Waals surface area contributed by atoms with Crippen LogP contribution in [0.3, 0.4) is 0 Å². The number of nitrogens with zero attached hydrogens (tertiary/aromatic N) is 2. The van der Waals surface area contributed by atoms with E-state index in [2.05, 4.69) is 10.2 Å². The summed E-state index contributed by atoms with van der Waals surface area (Å²) in [7, 11) is -4.88. The molecule has 9 heteroatoms. The average Bonchev–Trinajstić information content (AvgIpc) is 2.42. The van der Waals surface area contributed by atoms with Gasteiger partial charge in [-0.3, -0.25) is 4.55 Å². The van der Waals surface area contributed by atoms with Crippen molar-refractivity contribution in [1.29, 1.82) is 0 Å².